The first-order valence-electron chi connectivity index (χ1n) is 4.68. The number of hydrogen-bond acceptors (Lipinski definition) is 3. The van der Waals surface area contributed by atoms with Gasteiger partial charge in [-0.3, -0.25) is 4.79 Å². The Morgan fingerprint density at radius 2 is 2.12 bits per heavy atom. The summed E-state index contributed by atoms with van der Waals surface area (Å²) in [7, 11) is 0. The van der Waals surface area contributed by atoms with E-state index >= 15 is 0 Å². The third-order valence-corrected chi connectivity index (χ3v) is 2.30. The summed E-state index contributed by atoms with van der Waals surface area (Å²) in [5.74, 6) is -0.907. The van der Waals surface area contributed by atoms with E-state index in [-0.39, 0.29) is 17.3 Å². The van der Waals surface area contributed by atoms with Gasteiger partial charge in [0, 0.05) is 5.92 Å². The first-order chi connectivity index (χ1) is 7.38. The average Bonchev–Trinajstić information content (AvgIpc) is 2.86. The molecule has 1 amide bonds. The molecule has 2 N–H and O–H groups in total. The van der Waals surface area contributed by atoms with Gasteiger partial charge < -0.3 is 5.73 Å². The molecule has 1 fully saturated rings. The van der Waals surface area contributed by atoms with Gasteiger partial charge in [-0.15, -0.1) is 5.10 Å². The van der Waals surface area contributed by atoms with Crippen molar-refractivity contribution in [2.75, 3.05) is 0 Å². The maximum absolute atomic E-state index is 12.2. The van der Waals surface area contributed by atoms with Crippen molar-refractivity contribution in [3.63, 3.8) is 0 Å². The first kappa shape index (κ1) is 10.9. The summed E-state index contributed by atoms with van der Waals surface area (Å²) in [6.45, 7) is -1.24. The van der Waals surface area contributed by atoms with Crippen LogP contribution < -0.4 is 5.73 Å². The van der Waals surface area contributed by atoms with Crippen LogP contribution in [0.1, 0.15) is 34.9 Å². The van der Waals surface area contributed by atoms with Gasteiger partial charge in [-0.1, -0.05) is 5.21 Å². The second kappa shape index (κ2) is 3.46. The molecule has 8 heteroatoms. The molecule has 16 heavy (non-hydrogen) atoms. The molecule has 0 unspecified atom stereocenters. The molecular formula is C8H9F3N4O. The van der Waals surface area contributed by atoms with Gasteiger partial charge in [-0.2, -0.15) is 13.2 Å². The zero-order valence-electron chi connectivity index (χ0n) is 8.16. The van der Waals surface area contributed by atoms with E-state index in [4.69, 9.17) is 5.73 Å². The number of nitrogens with zero attached hydrogens (tertiary/aromatic N) is 3. The second-order valence-corrected chi connectivity index (χ2v) is 3.73. The Morgan fingerprint density at radius 1 is 1.50 bits per heavy atom. The molecule has 0 atom stereocenters. The Morgan fingerprint density at radius 3 is 2.56 bits per heavy atom. The van der Waals surface area contributed by atoms with Gasteiger partial charge in [-0.05, 0) is 12.8 Å². The highest BCUT2D eigenvalue weighted by Gasteiger charge is 2.37. The van der Waals surface area contributed by atoms with Crippen LogP contribution in [0.25, 0.3) is 0 Å². The zero-order valence-corrected chi connectivity index (χ0v) is 8.16. The number of carbonyl (C=O) groups is 1. The van der Waals surface area contributed by atoms with E-state index in [0.717, 1.165) is 17.5 Å². The van der Waals surface area contributed by atoms with Crippen molar-refractivity contribution in [3.05, 3.63) is 11.4 Å². The Bertz CT molecular complexity index is 421. The molecule has 1 aromatic heterocycles. The maximum Gasteiger partial charge on any atom is 0.408 e. The molecule has 0 saturated heterocycles. The Balaban J connectivity index is 2.34. The molecule has 1 aromatic rings. The normalized spacial score (nSPS) is 16.4. The summed E-state index contributed by atoms with van der Waals surface area (Å²) in [4.78, 5) is 11.0. The van der Waals surface area contributed by atoms with E-state index in [1.807, 2.05) is 0 Å². The van der Waals surface area contributed by atoms with Gasteiger partial charge in [-0.25, -0.2) is 4.68 Å². The van der Waals surface area contributed by atoms with E-state index in [9.17, 15) is 18.0 Å². The summed E-state index contributed by atoms with van der Waals surface area (Å²) in [5, 5.41) is 6.73. The van der Waals surface area contributed by atoms with Crippen LogP contribution >= 0.6 is 0 Å². The minimum absolute atomic E-state index is 0.0696. The number of nitrogens with two attached hydrogens (primary N) is 1. The minimum atomic E-state index is -4.38. The summed E-state index contributed by atoms with van der Waals surface area (Å²) < 4.78 is 37.4. The largest absolute Gasteiger partial charge is 0.408 e. The third-order valence-electron chi connectivity index (χ3n) is 2.30. The van der Waals surface area contributed by atoms with Crippen molar-refractivity contribution in [2.24, 2.45) is 5.73 Å². The van der Waals surface area contributed by atoms with Crippen LogP contribution in [0.2, 0.25) is 0 Å². The fourth-order valence-corrected chi connectivity index (χ4v) is 1.54. The monoisotopic (exact) mass is 234 g/mol. The predicted molar refractivity (Wildman–Crippen MR) is 46.6 cm³/mol. The molecule has 0 aliphatic heterocycles. The van der Waals surface area contributed by atoms with Crippen molar-refractivity contribution >= 4 is 5.91 Å². The Hall–Kier alpha value is -1.60. The number of rotatable bonds is 3. The molecule has 1 aliphatic rings. The molecule has 0 aromatic carbocycles. The Labute approximate surface area is 88.4 Å². The van der Waals surface area contributed by atoms with Gasteiger partial charge >= 0.3 is 6.18 Å². The number of halogens is 3. The van der Waals surface area contributed by atoms with Gasteiger partial charge in [0.2, 0.25) is 0 Å². The van der Waals surface area contributed by atoms with Crippen molar-refractivity contribution in [1.82, 2.24) is 15.0 Å². The van der Waals surface area contributed by atoms with Crippen molar-refractivity contribution in [3.8, 4) is 0 Å². The number of alkyl halides is 3. The van der Waals surface area contributed by atoms with Gasteiger partial charge in [0.25, 0.3) is 5.91 Å². The fourth-order valence-electron chi connectivity index (χ4n) is 1.54. The smallest absolute Gasteiger partial charge is 0.364 e. The van der Waals surface area contributed by atoms with Crippen molar-refractivity contribution in [1.29, 1.82) is 0 Å². The number of carbonyl (C=O) groups excluding carboxylic acids is 1. The van der Waals surface area contributed by atoms with E-state index in [0.29, 0.717) is 0 Å². The lowest BCUT2D eigenvalue weighted by Crippen LogP contribution is -2.21. The molecule has 0 bridgehead atoms. The summed E-state index contributed by atoms with van der Waals surface area (Å²) in [6.07, 6.45) is -2.90. The molecule has 2 rings (SSSR count). The van der Waals surface area contributed by atoms with Crippen molar-refractivity contribution < 1.29 is 18.0 Å². The highest BCUT2D eigenvalue weighted by molar-refractivity contribution is 5.92. The molecule has 1 saturated carbocycles. The second-order valence-electron chi connectivity index (χ2n) is 3.73. The molecule has 0 radical (unpaired) electrons. The molecule has 88 valence electrons. The van der Waals surface area contributed by atoms with E-state index in [1.54, 1.807) is 0 Å². The molecule has 1 aliphatic carbocycles. The number of amides is 1. The highest BCUT2D eigenvalue weighted by Crippen LogP contribution is 2.41. The molecule has 5 nitrogen and oxygen atoms in total. The standard InChI is InChI=1S/C8H9F3N4O/c9-8(10,11)3-15-6(4-1-2-4)5(7(12)16)13-14-15/h4H,1-3H2,(H2,12,16). The lowest BCUT2D eigenvalue weighted by Gasteiger charge is -2.08. The molecule has 1 heterocycles. The third kappa shape index (κ3) is 2.15. The topological polar surface area (TPSA) is 73.8 Å². The zero-order chi connectivity index (χ0) is 11.9. The summed E-state index contributed by atoms with van der Waals surface area (Å²) in [5.41, 5.74) is 5.09. The quantitative estimate of drug-likeness (QED) is 0.841. The van der Waals surface area contributed by atoms with Gasteiger partial charge in [0.1, 0.15) is 6.54 Å². The first-order valence-corrected chi connectivity index (χ1v) is 4.68. The molecule has 0 spiro atoms. The van der Waals surface area contributed by atoms with Gasteiger partial charge in [0.05, 0.1) is 5.69 Å². The van der Waals surface area contributed by atoms with Gasteiger partial charge in [0.15, 0.2) is 5.69 Å². The van der Waals surface area contributed by atoms with Crippen LogP contribution in [0.5, 0.6) is 0 Å². The molecular weight excluding hydrogens is 225 g/mol. The summed E-state index contributed by atoms with van der Waals surface area (Å²) in [6, 6.07) is 0. The average molecular weight is 234 g/mol. The lowest BCUT2D eigenvalue weighted by atomic mass is 10.2. The van der Waals surface area contributed by atoms with Crippen molar-refractivity contribution in [2.45, 2.75) is 31.5 Å². The highest BCUT2D eigenvalue weighted by atomic mass is 19.4. The van der Waals surface area contributed by atoms with Crippen LogP contribution in [-0.2, 0) is 6.54 Å². The minimum Gasteiger partial charge on any atom is -0.364 e. The van der Waals surface area contributed by atoms with Crippen LogP contribution in [-0.4, -0.2) is 27.1 Å². The number of aromatic nitrogens is 3. The van der Waals surface area contributed by atoms with E-state index in [1.165, 1.54) is 0 Å². The number of hydrogen-bond donors (Lipinski definition) is 1. The lowest BCUT2D eigenvalue weighted by molar-refractivity contribution is -0.143. The van der Waals surface area contributed by atoms with Crippen LogP contribution in [0.4, 0.5) is 13.2 Å². The fraction of sp³-hybridized carbons (Fsp3) is 0.625. The van der Waals surface area contributed by atoms with E-state index < -0.39 is 18.6 Å². The Kier molecular flexibility index (Phi) is 2.36. The predicted octanol–water partition coefficient (Wildman–Crippen LogP) is 0.817. The van der Waals surface area contributed by atoms with Crippen LogP contribution in [0, 0.1) is 0 Å². The van der Waals surface area contributed by atoms with E-state index in [2.05, 4.69) is 10.3 Å². The summed E-state index contributed by atoms with van der Waals surface area (Å²) >= 11 is 0. The number of primary amides is 1. The SMILES string of the molecule is NC(=O)c1nnn(CC(F)(F)F)c1C1CC1. The maximum atomic E-state index is 12.2. The van der Waals surface area contributed by atoms with Crippen LogP contribution in [0.3, 0.4) is 0 Å². The van der Waals surface area contributed by atoms with Crippen LogP contribution in [0.15, 0.2) is 0 Å².